The number of nitrogens with one attached hydrogen (secondary N) is 2. The fourth-order valence-electron chi connectivity index (χ4n) is 4.77. The van der Waals surface area contributed by atoms with Gasteiger partial charge in [-0.2, -0.15) is 13.2 Å². The van der Waals surface area contributed by atoms with Crippen LogP contribution in [0.2, 0.25) is 0 Å². The van der Waals surface area contributed by atoms with E-state index >= 15 is 0 Å². The fraction of sp³-hybridized carbons (Fsp3) is 0.179. The Bertz CT molecular complexity index is 1520. The van der Waals surface area contributed by atoms with E-state index in [0.717, 1.165) is 12.1 Å². The number of pyridine rings is 1. The minimum Gasteiger partial charge on any atom is -0.495 e. The highest BCUT2D eigenvalue weighted by molar-refractivity contribution is 7.80. The van der Waals surface area contributed by atoms with Crippen LogP contribution in [0.25, 0.3) is 5.69 Å². The third kappa shape index (κ3) is 5.17. The molecule has 0 radical (unpaired) electrons. The number of alkyl halides is 3. The summed E-state index contributed by atoms with van der Waals surface area (Å²) in [4.78, 5) is 18.3. The molecule has 3 heterocycles. The molecule has 1 amide bonds. The van der Waals surface area contributed by atoms with Gasteiger partial charge in [0.1, 0.15) is 11.8 Å². The van der Waals surface area contributed by atoms with Crippen molar-refractivity contribution < 1.29 is 22.7 Å². The number of thiocarbonyl (C=S) groups is 1. The lowest BCUT2D eigenvalue weighted by molar-refractivity contribution is -0.137. The first kappa shape index (κ1) is 26.2. The van der Waals surface area contributed by atoms with Crippen molar-refractivity contribution in [2.45, 2.75) is 25.2 Å². The molecule has 2 atom stereocenters. The van der Waals surface area contributed by atoms with Crippen LogP contribution in [0.1, 0.15) is 36.0 Å². The van der Waals surface area contributed by atoms with Crippen molar-refractivity contribution in [3.05, 3.63) is 102 Å². The average Bonchev–Trinajstić information content (AvgIpc) is 3.53. The van der Waals surface area contributed by atoms with E-state index in [1.54, 1.807) is 47.3 Å². The van der Waals surface area contributed by atoms with E-state index in [0.29, 0.717) is 39.3 Å². The summed E-state index contributed by atoms with van der Waals surface area (Å²) in [6.45, 7) is 1.40. The number of nitrogens with zero attached hydrogens (tertiary/aromatic N) is 3. The Morgan fingerprint density at radius 2 is 1.87 bits per heavy atom. The van der Waals surface area contributed by atoms with Crippen LogP contribution in [0, 0.1) is 0 Å². The van der Waals surface area contributed by atoms with Crippen LogP contribution in [0.5, 0.6) is 5.75 Å². The van der Waals surface area contributed by atoms with Crippen molar-refractivity contribution in [1.82, 2.24) is 14.9 Å². The average molecular weight is 552 g/mol. The van der Waals surface area contributed by atoms with Crippen LogP contribution in [0.4, 0.5) is 24.5 Å². The molecule has 1 aliphatic heterocycles. The molecule has 0 saturated carbocycles. The molecule has 0 unspecified atom stereocenters. The van der Waals surface area contributed by atoms with Gasteiger partial charge in [0.25, 0.3) is 0 Å². The summed E-state index contributed by atoms with van der Waals surface area (Å²) < 4.78 is 47.7. The van der Waals surface area contributed by atoms with E-state index in [4.69, 9.17) is 17.0 Å². The van der Waals surface area contributed by atoms with E-state index in [1.807, 2.05) is 29.2 Å². The van der Waals surface area contributed by atoms with E-state index in [2.05, 4.69) is 15.6 Å². The third-order valence-corrected chi connectivity index (χ3v) is 6.72. The normalized spacial score (nSPS) is 17.2. The zero-order valence-corrected chi connectivity index (χ0v) is 21.8. The molecule has 7 nitrogen and oxygen atoms in total. The highest BCUT2D eigenvalue weighted by Crippen LogP contribution is 2.44. The summed E-state index contributed by atoms with van der Waals surface area (Å²) in [5.74, 6) is 0.200. The fourth-order valence-corrected chi connectivity index (χ4v) is 5.11. The molecule has 0 bridgehead atoms. The van der Waals surface area contributed by atoms with Gasteiger partial charge in [-0.15, -0.1) is 0 Å². The lowest BCUT2D eigenvalue weighted by atomic mass is 10.0. The van der Waals surface area contributed by atoms with Gasteiger partial charge in [0.05, 0.1) is 30.1 Å². The topological polar surface area (TPSA) is 71.4 Å². The maximum Gasteiger partial charge on any atom is 0.416 e. The van der Waals surface area contributed by atoms with Crippen LogP contribution in [0.15, 0.2) is 85.2 Å². The largest absolute Gasteiger partial charge is 0.495 e. The van der Waals surface area contributed by atoms with Gasteiger partial charge in [0, 0.05) is 36.4 Å². The van der Waals surface area contributed by atoms with Crippen LogP contribution in [0.3, 0.4) is 0 Å². The second kappa shape index (κ2) is 10.4. The van der Waals surface area contributed by atoms with Crippen molar-refractivity contribution in [3.8, 4) is 11.4 Å². The molecule has 200 valence electrons. The first-order valence-corrected chi connectivity index (χ1v) is 12.4. The number of amides is 1. The first-order valence-electron chi connectivity index (χ1n) is 12.0. The molecule has 39 heavy (non-hydrogen) atoms. The summed E-state index contributed by atoms with van der Waals surface area (Å²) in [5.41, 5.74) is 2.12. The standard InChI is InChI=1S/C28H24F3N5O2S/c1-17(37)33-22-16-20(11-12-24(22)38-2)36-26(25(34-27(36)39)21-9-3-4-13-32-21)23-10-6-14-35(23)19-8-5-7-18(15-19)28(29,30)31/h3-16,25-26H,1-2H3,(H,33,37)(H,34,39)/t25-,26+/m1/s1. The quantitative estimate of drug-likeness (QED) is 0.285. The van der Waals surface area contributed by atoms with Gasteiger partial charge in [0.2, 0.25) is 5.91 Å². The first-order chi connectivity index (χ1) is 18.7. The summed E-state index contributed by atoms with van der Waals surface area (Å²) in [5, 5.41) is 6.51. The van der Waals surface area contributed by atoms with Gasteiger partial charge in [0.15, 0.2) is 5.11 Å². The summed E-state index contributed by atoms with van der Waals surface area (Å²) in [6, 6.07) is 18.7. The Hall–Kier alpha value is -4.38. The number of aromatic nitrogens is 2. The number of carbonyl (C=O) groups is 1. The number of anilines is 2. The van der Waals surface area contributed by atoms with Gasteiger partial charge in [-0.1, -0.05) is 12.1 Å². The number of hydrogen-bond donors (Lipinski definition) is 2. The zero-order chi connectivity index (χ0) is 27.7. The SMILES string of the molecule is COc1ccc(N2C(=S)N[C@H](c3ccccn3)[C@@H]2c2cccn2-c2cccc(C(F)(F)F)c2)cc1NC(C)=O. The van der Waals surface area contributed by atoms with Crippen LogP contribution < -0.4 is 20.3 Å². The minimum absolute atomic E-state index is 0.270. The predicted octanol–water partition coefficient (Wildman–Crippen LogP) is 6.04. The number of benzene rings is 2. The lowest BCUT2D eigenvalue weighted by Crippen LogP contribution is -2.30. The second-order valence-electron chi connectivity index (χ2n) is 8.91. The summed E-state index contributed by atoms with van der Waals surface area (Å²) in [7, 11) is 1.50. The lowest BCUT2D eigenvalue weighted by Gasteiger charge is -2.29. The van der Waals surface area contributed by atoms with Crippen molar-refractivity contribution in [1.29, 1.82) is 0 Å². The molecule has 5 rings (SSSR count). The monoisotopic (exact) mass is 551 g/mol. The summed E-state index contributed by atoms with van der Waals surface area (Å²) >= 11 is 5.78. The van der Waals surface area contributed by atoms with Crippen molar-refractivity contribution in [3.63, 3.8) is 0 Å². The number of methoxy groups -OCH3 is 1. The zero-order valence-electron chi connectivity index (χ0n) is 20.9. The molecule has 1 aliphatic rings. The van der Waals surface area contributed by atoms with E-state index in [9.17, 15) is 18.0 Å². The second-order valence-corrected chi connectivity index (χ2v) is 9.30. The Morgan fingerprint density at radius 1 is 1.05 bits per heavy atom. The van der Waals surface area contributed by atoms with Crippen molar-refractivity contribution in [2.75, 3.05) is 17.3 Å². The number of rotatable bonds is 6. The van der Waals surface area contributed by atoms with Crippen LogP contribution in [-0.2, 0) is 11.0 Å². The molecule has 2 aromatic heterocycles. The molecule has 4 aromatic rings. The predicted molar refractivity (Wildman–Crippen MR) is 146 cm³/mol. The summed E-state index contributed by atoms with van der Waals surface area (Å²) in [6.07, 6.45) is -1.09. The van der Waals surface area contributed by atoms with Gasteiger partial charge in [-0.25, -0.2) is 0 Å². The van der Waals surface area contributed by atoms with E-state index < -0.39 is 23.8 Å². The molecule has 2 aromatic carbocycles. The molecular formula is C28H24F3N5O2S. The molecular weight excluding hydrogens is 527 g/mol. The molecule has 1 saturated heterocycles. The van der Waals surface area contributed by atoms with Crippen molar-refractivity contribution in [2.24, 2.45) is 0 Å². The number of carbonyl (C=O) groups excluding carboxylic acids is 1. The van der Waals surface area contributed by atoms with Gasteiger partial charge < -0.3 is 24.8 Å². The molecule has 0 spiro atoms. The molecule has 0 aliphatic carbocycles. The smallest absolute Gasteiger partial charge is 0.416 e. The van der Waals surface area contributed by atoms with E-state index in [1.165, 1.54) is 20.1 Å². The third-order valence-electron chi connectivity index (χ3n) is 6.41. The Labute approximate surface area is 228 Å². The number of halogens is 3. The van der Waals surface area contributed by atoms with Crippen LogP contribution in [-0.4, -0.2) is 27.7 Å². The highest BCUT2D eigenvalue weighted by atomic mass is 32.1. The Balaban J connectivity index is 1.66. The van der Waals surface area contributed by atoms with Crippen LogP contribution >= 0.6 is 12.2 Å². The molecule has 1 fully saturated rings. The molecule has 11 heteroatoms. The van der Waals surface area contributed by atoms with Gasteiger partial charge in [-0.3, -0.25) is 9.78 Å². The Kier molecular flexibility index (Phi) is 7.00. The number of ether oxygens (including phenoxy) is 1. The maximum absolute atomic E-state index is 13.5. The Morgan fingerprint density at radius 3 is 2.56 bits per heavy atom. The molecule has 2 N–H and O–H groups in total. The maximum atomic E-state index is 13.5. The van der Waals surface area contributed by atoms with E-state index in [-0.39, 0.29) is 5.91 Å². The van der Waals surface area contributed by atoms with Gasteiger partial charge >= 0.3 is 6.18 Å². The highest BCUT2D eigenvalue weighted by Gasteiger charge is 2.42. The minimum atomic E-state index is -4.48. The van der Waals surface area contributed by atoms with Crippen molar-refractivity contribution >= 4 is 34.6 Å². The van der Waals surface area contributed by atoms with Gasteiger partial charge in [-0.05, 0) is 72.9 Å². The number of hydrogen-bond acceptors (Lipinski definition) is 4.